The molecule has 20 heavy (non-hydrogen) atoms. The standard InChI is InChI=1S/C18H25NO/c1-3-4-5-6-7-8-11-15-14(2)19-17-13-10-9-12-16(17)18(15)20/h9-10,12-13H,3-8,11H2,1-2H3,(H,19,20). The van der Waals surface area contributed by atoms with Crippen LogP contribution in [-0.2, 0) is 6.42 Å². The summed E-state index contributed by atoms with van der Waals surface area (Å²) in [6.07, 6.45) is 8.47. The summed E-state index contributed by atoms with van der Waals surface area (Å²) in [6.45, 7) is 4.25. The molecule has 0 radical (unpaired) electrons. The first-order valence-corrected chi connectivity index (χ1v) is 7.84. The SMILES string of the molecule is CCCCCCCCc1c(C)[nH]c2ccccc2c1=O. The number of aryl methyl sites for hydroxylation is 1. The average molecular weight is 271 g/mol. The van der Waals surface area contributed by atoms with E-state index in [-0.39, 0.29) is 5.43 Å². The topological polar surface area (TPSA) is 32.9 Å². The normalized spacial score (nSPS) is 11.1. The van der Waals surface area contributed by atoms with Gasteiger partial charge in [0.15, 0.2) is 5.43 Å². The van der Waals surface area contributed by atoms with E-state index < -0.39 is 0 Å². The van der Waals surface area contributed by atoms with E-state index in [2.05, 4.69) is 11.9 Å². The minimum atomic E-state index is 0.213. The molecule has 0 aliphatic carbocycles. The fourth-order valence-electron chi connectivity index (χ4n) is 2.78. The van der Waals surface area contributed by atoms with E-state index in [1.54, 1.807) is 0 Å². The summed E-state index contributed by atoms with van der Waals surface area (Å²) < 4.78 is 0. The smallest absolute Gasteiger partial charge is 0.192 e. The van der Waals surface area contributed by atoms with Gasteiger partial charge in [0.25, 0.3) is 0 Å². The van der Waals surface area contributed by atoms with Gasteiger partial charge in [0, 0.05) is 22.2 Å². The second-order valence-electron chi connectivity index (χ2n) is 5.62. The Labute approximate surface area is 121 Å². The summed E-state index contributed by atoms with van der Waals surface area (Å²) in [7, 11) is 0. The van der Waals surface area contributed by atoms with E-state index in [9.17, 15) is 4.79 Å². The van der Waals surface area contributed by atoms with Gasteiger partial charge in [-0.3, -0.25) is 4.79 Å². The van der Waals surface area contributed by atoms with Crippen LogP contribution in [-0.4, -0.2) is 4.98 Å². The first kappa shape index (κ1) is 14.8. The van der Waals surface area contributed by atoms with Crippen molar-refractivity contribution in [2.24, 2.45) is 0 Å². The maximum atomic E-state index is 12.5. The third-order valence-electron chi connectivity index (χ3n) is 4.00. The maximum absolute atomic E-state index is 12.5. The van der Waals surface area contributed by atoms with E-state index in [0.29, 0.717) is 0 Å². The van der Waals surface area contributed by atoms with E-state index in [1.807, 2.05) is 31.2 Å². The lowest BCUT2D eigenvalue weighted by Gasteiger charge is -2.08. The molecule has 2 nitrogen and oxygen atoms in total. The van der Waals surface area contributed by atoms with Crippen molar-refractivity contribution in [3.8, 4) is 0 Å². The highest BCUT2D eigenvalue weighted by Gasteiger charge is 2.08. The molecule has 1 heterocycles. The summed E-state index contributed by atoms with van der Waals surface area (Å²) in [5, 5.41) is 0.819. The zero-order chi connectivity index (χ0) is 14.4. The van der Waals surface area contributed by atoms with Gasteiger partial charge in [0.05, 0.1) is 0 Å². The van der Waals surface area contributed by atoms with Crippen LogP contribution in [0.2, 0.25) is 0 Å². The summed E-state index contributed by atoms with van der Waals surface area (Å²) in [5.74, 6) is 0. The van der Waals surface area contributed by atoms with E-state index in [1.165, 1.54) is 32.1 Å². The molecule has 0 aliphatic rings. The van der Waals surface area contributed by atoms with Crippen molar-refractivity contribution in [3.05, 3.63) is 45.7 Å². The van der Waals surface area contributed by atoms with Crippen molar-refractivity contribution in [3.63, 3.8) is 0 Å². The first-order chi connectivity index (χ1) is 9.74. The van der Waals surface area contributed by atoms with Crippen molar-refractivity contribution in [2.45, 2.75) is 58.8 Å². The molecule has 0 unspecified atom stereocenters. The van der Waals surface area contributed by atoms with Gasteiger partial charge in [0.2, 0.25) is 0 Å². The summed E-state index contributed by atoms with van der Waals surface area (Å²) in [4.78, 5) is 15.9. The third kappa shape index (κ3) is 3.50. The van der Waals surface area contributed by atoms with Crippen LogP contribution in [0, 0.1) is 6.92 Å². The van der Waals surface area contributed by atoms with E-state index in [0.717, 1.165) is 35.0 Å². The second kappa shape index (κ2) is 7.28. The van der Waals surface area contributed by atoms with Gasteiger partial charge in [-0.1, -0.05) is 51.2 Å². The Kier molecular flexibility index (Phi) is 5.40. The Morgan fingerprint density at radius 3 is 2.50 bits per heavy atom. The molecule has 0 fully saturated rings. The molecular weight excluding hydrogens is 246 g/mol. The van der Waals surface area contributed by atoms with E-state index in [4.69, 9.17) is 0 Å². The highest BCUT2D eigenvalue weighted by molar-refractivity contribution is 5.79. The number of aromatic nitrogens is 1. The lowest BCUT2D eigenvalue weighted by atomic mass is 10.0. The van der Waals surface area contributed by atoms with E-state index >= 15 is 0 Å². The van der Waals surface area contributed by atoms with Crippen LogP contribution in [0.5, 0.6) is 0 Å². The monoisotopic (exact) mass is 271 g/mol. The summed E-state index contributed by atoms with van der Waals surface area (Å²) >= 11 is 0. The number of benzene rings is 1. The molecular formula is C18H25NO. The largest absolute Gasteiger partial charge is 0.358 e. The van der Waals surface area contributed by atoms with Gasteiger partial charge in [-0.05, 0) is 31.9 Å². The first-order valence-electron chi connectivity index (χ1n) is 7.84. The molecule has 2 aromatic rings. The molecule has 0 amide bonds. The Morgan fingerprint density at radius 2 is 1.70 bits per heavy atom. The molecule has 0 bridgehead atoms. The van der Waals surface area contributed by atoms with Crippen LogP contribution in [0.1, 0.15) is 56.7 Å². The van der Waals surface area contributed by atoms with Gasteiger partial charge in [-0.15, -0.1) is 0 Å². The van der Waals surface area contributed by atoms with Crippen molar-refractivity contribution < 1.29 is 0 Å². The van der Waals surface area contributed by atoms with Crippen LogP contribution >= 0.6 is 0 Å². The molecule has 1 aromatic heterocycles. The molecule has 2 heteroatoms. The van der Waals surface area contributed by atoms with Crippen LogP contribution in [0.3, 0.4) is 0 Å². The highest BCUT2D eigenvalue weighted by atomic mass is 16.1. The number of hydrogen-bond acceptors (Lipinski definition) is 1. The van der Waals surface area contributed by atoms with Gasteiger partial charge in [-0.2, -0.15) is 0 Å². The minimum Gasteiger partial charge on any atom is -0.358 e. The number of aromatic amines is 1. The molecule has 2 rings (SSSR count). The van der Waals surface area contributed by atoms with Gasteiger partial charge >= 0.3 is 0 Å². The van der Waals surface area contributed by atoms with Gasteiger partial charge in [0.1, 0.15) is 0 Å². The molecule has 108 valence electrons. The van der Waals surface area contributed by atoms with Crippen molar-refractivity contribution >= 4 is 10.9 Å². The zero-order valence-electron chi connectivity index (χ0n) is 12.7. The number of pyridine rings is 1. The van der Waals surface area contributed by atoms with Crippen molar-refractivity contribution in [1.29, 1.82) is 0 Å². The van der Waals surface area contributed by atoms with Crippen molar-refractivity contribution in [2.75, 3.05) is 0 Å². The number of rotatable bonds is 7. The Morgan fingerprint density at radius 1 is 1.00 bits per heavy atom. The van der Waals surface area contributed by atoms with Gasteiger partial charge < -0.3 is 4.98 Å². The van der Waals surface area contributed by atoms with Crippen LogP contribution in [0.4, 0.5) is 0 Å². The Bertz CT molecular complexity index is 612. The fraction of sp³-hybridized carbons (Fsp3) is 0.500. The molecule has 0 saturated heterocycles. The predicted molar refractivity (Wildman–Crippen MR) is 86.4 cm³/mol. The summed E-state index contributed by atoms with van der Waals surface area (Å²) in [6, 6.07) is 7.78. The predicted octanol–water partition coefficient (Wildman–Crippen LogP) is 4.74. The molecule has 0 atom stereocenters. The Balaban J connectivity index is 2.05. The quantitative estimate of drug-likeness (QED) is 0.725. The minimum absolute atomic E-state index is 0.213. The lowest BCUT2D eigenvalue weighted by molar-refractivity contribution is 0.606. The van der Waals surface area contributed by atoms with Crippen molar-refractivity contribution in [1.82, 2.24) is 4.98 Å². The molecule has 1 N–H and O–H groups in total. The fourth-order valence-corrected chi connectivity index (χ4v) is 2.78. The number of unbranched alkanes of at least 4 members (excludes halogenated alkanes) is 5. The second-order valence-corrected chi connectivity index (χ2v) is 5.62. The third-order valence-corrected chi connectivity index (χ3v) is 4.00. The molecule has 0 aliphatic heterocycles. The average Bonchev–Trinajstić information content (AvgIpc) is 2.45. The Hall–Kier alpha value is -1.57. The number of para-hydroxylation sites is 1. The van der Waals surface area contributed by atoms with Gasteiger partial charge in [-0.25, -0.2) is 0 Å². The van der Waals surface area contributed by atoms with Crippen LogP contribution < -0.4 is 5.43 Å². The maximum Gasteiger partial charge on any atom is 0.192 e. The number of hydrogen-bond donors (Lipinski definition) is 1. The molecule has 1 aromatic carbocycles. The van der Waals surface area contributed by atoms with Crippen LogP contribution in [0.15, 0.2) is 29.1 Å². The number of H-pyrrole nitrogens is 1. The molecule has 0 spiro atoms. The molecule has 0 saturated carbocycles. The zero-order valence-corrected chi connectivity index (χ0v) is 12.7. The lowest BCUT2D eigenvalue weighted by Crippen LogP contribution is -2.13. The summed E-state index contributed by atoms with van der Waals surface area (Å²) in [5.41, 5.74) is 3.16. The van der Waals surface area contributed by atoms with Crippen LogP contribution in [0.25, 0.3) is 10.9 Å². The highest BCUT2D eigenvalue weighted by Crippen LogP contribution is 2.14. The number of nitrogens with one attached hydrogen (secondary N) is 1. The number of fused-ring (bicyclic) bond motifs is 1.